The Bertz CT molecular complexity index is 1280. The Labute approximate surface area is 226 Å². The molecule has 37 heavy (non-hydrogen) atoms. The van der Waals surface area contributed by atoms with Crippen LogP contribution in [-0.2, 0) is 31.4 Å². The average Bonchev–Trinajstić information content (AvgIpc) is 2.86. The van der Waals surface area contributed by atoms with Crippen molar-refractivity contribution in [2.24, 2.45) is 0 Å². The minimum atomic E-state index is -1.20. The third kappa shape index (κ3) is 6.38. The van der Waals surface area contributed by atoms with Crippen molar-refractivity contribution < 1.29 is 24.3 Å². The van der Waals surface area contributed by atoms with Crippen molar-refractivity contribution in [1.29, 1.82) is 5.41 Å². The zero-order valence-corrected chi connectivity index (χ0v) is 22.2. The number of benzene rings is 2. The maximum Gasteiger partial charge on any atom is 0.353 e. The van der Waals surface area contributed by atoms with Gasteiger partial charge >= 0.3 is 5.97 Å². The van der Waals surface area contributed by atoms with Crippen molar-refractivity contribution in [2.45, 2.75) is 35.4 Å². The van der Waals surface area contributed by atoms with E-state index in [2.05, 4.69) is 10.6 Å². The number of hydrogen-bond acceptors (Lipinski definition) is 8. The number of fused-ring (bicyclic) bond motifs is 1. The molecule has 0 bridgehead atoms. The van der Waals surface area contributed by atoms with Gasteiger partial charge in [0.25, 0.3) is 5.91 Å². The topological polar surface area (TPSA) is 140 Å². The van der Waals surface area contributed by atoms with Gasteiger partial charge in [0.1, 0.15) is 17.1 Å². The number of carbonyl (C=O) groups is 4. The first kappa shape index (κ1) is 26.8. The molecule has 0 aromatic heterocycles. The van der Waals surface area contributed by atoms with Gasteiger partial charge < -0.3 is 15.7 Å². The third-order valence-electron chi connectivity index (χ3n) is 5.53. The lowest BCUT2D eigenvalue weighted by molar-refractivity contribution is -0.150. The molecule has 0 aliphatic carbocycles. The molecule has 2 aromatic rings. The molecule has 2 heterocycles. The Balaban J connectivity index is 1.46. The van der Waals surface area contributed by atoms with Crippen molar-refractivity contribution >= 4 is 64.1 Å². The highest BCUT2D eigenvalue weighted by Gasteiger charge is 2.54. The van der Waals surface area contributed by atoms with E-state index in [0.29, 0.717) is 16.4 Å². The zero-order chi connectivity index (χ0) is 26.5. The van der Waals surface area contributed by atoms with Gasteiger partial charge in [-0.05, 0) is 17.2 Å². The maximum atomic E-state index is 13.0. The van der Waals surface area contributed by atoms with Crippen LogP contribution in [0.15, 0.2) is 70.1 Å². The molecule has 1 fully saturated rings. The molecule has 0 spiro atoms. The molecule has 0 radical (unpaired) electrons. The number of amidine groups is 1. The van der Waals surface area contributed by atoms with Crippen LogP contribution >= 0.6 is 35.3 Å². The predicted octanol–water partition coefficient (Wildman–Crippen LogP) is 3.02. The SMILES string of the molecule is CC(=O)NC(=N)SCc1ccccc1SC1=C(C(=O)O)N2C(=O)[C@@H](NC(=O)Cc3ccccc3)[C@@H]2SC1. The summed E-state index contributed by atoms with van der Waals surface area (Å²) in [6.07, 6.45) is 0.138. The molecule has 9 nitrogen and oxygen atoms in total. The normalized spacial score (nSPS) is 18.5. The van der Waals surface area contributed by atoms with Crippen molar-refractivity contribution in [1.82, 2.24) is 15.5 Å². The number of hydrogen-bond donors (Lipinski definition) is 4. The first-order valence-electron chi connectivity index (χ1n) is 11.2. The average molecular weight is 557 g/mol. The summed E-state index contributed by atoms with van der Waals surface area (Å²) in [6, 6.07) is 15.8. The molecular formula is C25H24N4O5S3. The van der Waals surface area contributed by atoms with Crippen LogP contribution in [0.1, 0.15) is 18.1 Å². The van der Waals surface area contributed by atoms with Gasteiger partial charge in [-0.1, -0.05) is 72.1 Å². The number of thioether (sulfide) groups is 3. The molecule has 4 rings (SSSR count). The van der Waals surface area contributed by atoms with Gasteiger partial charge in [-0.2, -0.15) is 0 Å². The molecule has 2 aromatic carbocycles. The van der Waals surface area contributed by atoms with Gasteiger partial charge in [0, 0.05) is 28.2 Å². The highest BCUT2D eigenvalue weighted by molar-refractivity contribution is 8.13. The number of nitrogens with one attached hydrogen (secondary N) is 3. The Morgan fingerprint density at radius 1 is 1.14 bits per heavy atom. The zero-order valence-electron chi connectivity index (χ0n) is 19.7. The quantitative estimate of drug-likeness (QED) is 0.221. The summed E-state index contributed by atoms with van der Waals surface area (Å²) in [6.45, 7) is 1.34. The van der Waals surface area contributed by atoms with E-state index in [9.17, 15) is 24.3 Å². The van der Waals surface area contributed by atoms with E-state index < -0.39 is 23.3 Å². The van der Waals surface area contributed by atoms with Crippen LogP contribution < -0.4 is 10.6 Å². The van der Waals surface area contributed by atoms with Crippen LogP contribution in [0.25, 0.3) is 0 Å². The highest BCUT2D eigenvalue weighted by Crippen LogP contribution is 2.46. The van der Waals surface area contributed by atoms with Gasteiger partial charge in [0.15, 0.2) is 5.17 Å². The Hall–Kier alpha value is -3.22. The van der Waals surface area contributed by atoms with Crippen molar-refractivity contribution in [3.63, 3.8) is 0 Å². The second kappa shape index (κ2) is 11.9. The number of carboxylic acids is 1. The number of nitrogens with zero attached hydrogens (tertiary/aromatic N) is 1. The Kier molecular flexibility index (Phi) is 8.62. The van der Waals surface area contributed by atoms with Gasteiger partial charge in [-0.15, -0.1) is 11.8 Å². The third-order valence-corrected chi connectivity index (χ3v) is 9.04. The van der Waals surface area contributed by atoms with Crippen LogP contribution in [0.5, 0.6) is 0 Å². The molecule has 4 N–H and O–H groups in total. The lowest BCUT2D eigenvalue weighted by atomic mass is 10.0. The Morgan fingerprint density at radius 3 is 2.54 bits per heavy atom. The fourth-order valence-electron chi connectivity index (χ4n) is 3.88. The second-order valence-corrected chi connectivity index (χ2v) is 11.4. The molecule has 2 atom stereocenters. The molecule has 12 heteroatoms. The lowest BCUT2D eigenvalue weighted by Crippen LogP contribution is -2.70. The summed E-state index contributed by atoms with van der Waals surface area (Å²) in [4.78, 5) is 51.4. The number of rotatable bonds is 8. The summed E-state index contributed by atoms with van der Waals surface area (Å²) >= 11 is 3.85. The van der Waals surface area contributed by atoms with Crippen LogP contribution in [-0.4, -0.2) is 56.0 Å². The van der Waals surface area contributed by atoms with Crippen molar-refractivity contribution in [2.75, 3.05) is 5.75 Å². The molecular weight excluding hydrogens is 532 g/mol. The molecule has 3 amide bonds. The summed E-state index contributed by atoms with van der Waals surface area (Å²) in [5.41, 5.74) is 1.63. The number of aliphatic carboxylic acids is 1. The fourth-order valence-corrected chi connectivity index (χ4v) is 7.33. The summed E-state index contributed by atoms with van der Waals surface area (Å²) in [7, 11) is 0. The second-order valence-electron chi connectivity index (χ2n) is 8.20. The molecule has 2 aliphatic heterocycles. The van der Waals surface area contributed by atoms with E-state index in [1.807, 2.05) is 54.6 Å². The lowest BCUT2D eigenvalue weighted by Gasteiger charge is -2.49. The summed E-state index contributed by atoms with van der Waals surface area (Å²) in [5, 5.41) is 22.6. The predicted molar refractivity (Wildman–Crippen MR) is 145 cm³/mol. The number of amides is 3. The van der Waals surface area contributed by atoms with Gasteiger partial charge in [0.2, 0.25) is 11.8 Å². The standard InChI is InChI=1S/C25H24N4O5S3/c1-14(30)27-25(26)36-12-16-9-5-6-10-17(16)37-18-13-35-23-20(22(32)29(23)21(18)24(33)34)28-19(31)11-15-7-3-2-4-8-15/h2-10,20,23H,11-13H2,1H3,(H,28,31)(H,33,34)(H2,26,27,30)/t20-,23+/m1/s1. The largest absolute Gasteiger partial charge is 0.477 e. The van der Waals surface area contributed by atoms with Crippen LogP contribution in [0, 0.1) is 5.41 Å². The number of carbonyl (C=O) groups excluding carboxylic acids is 3. The number of carboxylic acid groups (broad SMARTS) is 1. The first-order chi connectivity index (χ1) is 17.7. The molecule has 0 unspecified atom stereocenters. The monoisotopic (exact) mass is 556 g/mol. The van der Waals surface area contributed by atoms with Crippen molar-refractivity contribution in [3.05, 3.63) is 76.3 Å². The summed E-state index contributed by atoms with van der Waals surface area (Å²) < 4.78 is 0. The molecule has 0 saturated carbocycles. The number of β-lactam (4-membered cyclic amide) rings is 1. The van der Waals surface area contributed by atoms with E-state index in [1.165, 1.54) is 35.3 Å². The Morgan fingerprint density at radius 2 is 1.84 bits per heavy atom. The minimum Gasteiger partial charge on any atom is -0.477 e. The van der Waals surface area contributed by atoms with Crippen LogP contribution in [0.2, 0.25) is 0 Å². The maximum absolute atomic E-state index is 13.0. The van der Waals surface area contributed by atoms with Crippen LogP contribution in [0.3, 0.4) is 0 Å². The van der Waals surface area contributed by atoms with E-state index >= 15 is 0 Å². The van der Waals surface area contributed by atoms with Crippen molar-refractivity contribution in [3.8, 4) is 0 Å². The van der Waals surface area contributed by atoms with E-state index in [4.69, 9.17) is 5.41 Å². The van der Waals surface area contributed by atoms with Gasteiger partial charge in [-0.3, -0.25) is 24.7 Å². The molecule has 2 aliphatic rings. The minimum absolute atomic E-state index is 0.0281. The summed E-state index contributed by atoms with van der Waals surface area (Å²) in [5.74, 6) is -1.47. The first-order valence-corrected chi connectivity index (χ1v) is 14.1. The fraction of sp³-hybridized carbons (Fsp3) is 0.240. The van der Waals surface area contributed by atoms with E-state index in [0.717, 1.165) is 27.8 Å². The van der Waals surface area contributed by atoms with Crippen LogP contribution in [0.4, 0.5) is 0 Å². The highest BCUT2D eigenvalue weighted by atomic mass is 32.2. The van der Waals surface area contributed by atoms with E-state index in [-0.39, 0.29) is 29.1 Å². The molecule has 192 valence electrons. The van der Waals surface area contributed by atoms with Gasteiger partial charge in [0.05, 0.1) is 6.42 Å². The molecule has 1 saturated heterocycles. The van der Waals surface area contributed by atoms with E-state index in [1.54, 1.807) is 0 Å². The smallest absolute Gasteiger partial charge is 0.353 e. The van der Waals surface area contributed by atoms with Gasteiger partial charge in [-0.25, -0.2) is 4.79 Å².